The lowest BCUT2D eigenvalue weighted by atomic mass is 9.84. The molecule has 1 saturated heterocycles. The van der Waals surface area contributed by atoms with Gasteiger partial charge in [-0.1, -0.05) is 6.07 Å². The Labute approximate surface area is 165 Å². The highest BCUT2D eigenvalue weighted by Gasteiger charge is 2.54. The summed E-state index contributed by atoms with van der Waals surface area (Å²) in [5, 5.41) is 2.89. The summed E-state index contributed by atoms with van der Waals surface area (Å²) in [6.07, 6.45) is 9.06. The fraction of sp³-hybridized carbons (Fsp3) is 0.571. The van der Waals surface area contributed by atoms with Gasteiger partial charge in [0, 0.05) is 48.8 Å². The normalized spacial score (nSPS) is 34.1. The van der Waals surface area contributed by atoms with E-state index in [0.717, 1.165) is 31.0 Å². The maximum Gasteiger partial charge on any atom is 0.265 e. The highest BCUT2D eigenvalue weighted by atomic mass is 19.1. The van der Waals surface area contributed by atoms with Crippen LogP contribution in [0.1, 0.15) is 38.7 Å². The molecule has 1 aliphatic carbocycles. The van der Waals surface area contributed by atoms with E-state index in [-0.39, 0.29) is 6.04 Å². The van der Waals surface area contributed by atoms with Crippen LogP contribution in [0.3, 0.4) is 0 Å². The van der Waals surface area contributed by atoms with Gasteiger partial charge in [0.1, 0.15) is 0 Å². The van der Waals surface area contributed by atoms with Crippen molar-refractivity contribution in [2.24, 2.45) is 16.6 Å². The van der Waals surface area contributed by atoms with Gasteiger partial charge in [0.05, 0.1) is 12.3 Å². The number of aliphatic imine (C=N–C) groups is 1. The second-order valence-corrected chi connectivity index (χ2v) is 8.75. The SMILES string of the molecule is CC(NC(=O)C1(F)C=NC=C(c2cccnc2)C1N1CC[C@](C)(N)C1)C1CC1. The number of aromatic nitrogens is 1. The standard InChI is InChI=1S/C21H28FN5O/c1-14(15-5-6-15)26-19(28)21(22)12-25-11-17(16-4-3-8-24-10-16)18(21)27-9-7-20(2,23)13-27/h3-4,8,10-12,14-15,18H,5-7,9,13,23H2,1-2H3,(H,26,28)/t14?,18?,20-,21?/m0/s1. The molecule has 1 saturated carbocycles. The molecule has 0 bridgehead atoms. The molecule has 1 amide bonds. The average Bonchev–Trinajstić information content (AvgIpc) is 3.46. The maximum atomic E-state index is 16.4. The first-order valence-electron chi connectivity index (χ1n) is 9.98. The number of pyridine rings is 1. The van der Waals surface area contributed by atoms with Crippen LogP contribution < -0.4 is 11.1 Å². The first-order chi connectivity index (χ1) is 13.3. The summed E-state index contributed by atoms with van der Waals surface area (Å²) in [5.74, 6) is -0.181. The Hall–Kier alpha value is -2.12. The lowest BCUT2D eigenvalue weighted by Crippen LogP contribution is -2.61. The number of nitrogens with zero attached hydrogens (tertiary/aromatic N) is 3. The molecule has 150 valence electrons. The van der Waals surface area contributed by atoms with E-state index < -0.39 is 23.2 Å². The summed E-state index contributed by atoms with van der Waals surface area (Å²) in [4.78, 5) is 23.4. The highest BCUT2D eigenvalue weighted by Crippen LogP contribution is 2.39. The summed E-state index contributed by atoms with van der Waals surface area (Å²) >= 11 is 0. The molecule has 3 unspecified atom stereocenters. The number of hydrogen-bond donors (Lipinski definition) is 2. The minimum Gasteiger partial charge on any atom is -0.350 e. The van der Waals surface area contributed by atoms with Gasteiger partial charge in [0.25, 0.3) is 5.91 Å². The van der Waals surface area contributed by atoms with Crippen LogP contribution in [-0.4, -0.2) is 58.4 Å². The van der Waals surface area contributed by atoms with E-state index in [1.165, 1.54) is 0 Å². The van der Waals surface area contributed by atoms with Crippen LogP contribution in [0.2, 0.25) is 0 Å². The summed E-state index contributed by atoms with van der Waals surface area (Å²) < 4.78 is 16.4. The largest absolute Gasteiger partial charge is 0.350 e. The smallest absolute Gasteiger partial charge is 0.265 e. The molecule has 1 aromatic heterocycles. The number of likely N-dealkylation sites (tertiary alicyclic amines) is 1. The van der Waals surface area contributed by atoms with Crippen molar-refractivity contribution in [1.82, 2.24) is 15.2 Å². The van der Waals surface area contributed by atoms with Crippen molar-refractivity contribution in [2.75, 3.05) is 13.1 Å². The van der Waals surface area contributed by atoms with Crippen molar-refractivity contribution in [3.8, 4) is 0 Å². The van der Waals surface area contributed by atoms with Crippen molar-refractivity contribution >= 4 is 17.7 Å². The number of rotatable bonds is 5. The van der Waals surface area contributed by atoms with Crippen LogP contribution in [0, 0.1) is 5.92 Å². The Morgan fingerprint density at radius 2 is 2.25 bits per heavy atom. The first kappa shape index (κ1) is 19.2. The molecule has 1 aromatic rings. The zero-order valence-electron chi connectivity index (χ0n) is 16.4. The lowest BCUT2D eigenvalue weighted by molar-refractivity contribution is -0.131. The van der Waals surface area contributed by atoms with Crippen LogP contribution in [-0.2, 0) is 4.79 Å². The van der Waals surface area contributed by atoms with E-state index in [1.807, 2.05) is 24.8 Å². The lowest BCUT2D eigenvalue weighted by Gasteiger charge is -2.40. The third kappa shape index (κ3) is 3.61. The predicted octanol–water partition coefficient (Wildman–Crippen LogP) is 1.92. The number of carbonyl (C=O) groups excluding carboxylic acids is 1. The van der Waals surface area contributed by atoms with Gasteiger partial charge >= 0.3 is 0 Å². The zero-order chi connectivity index (χ0) is 19.9. The first-order valence-corrected chi connectivity index (χ1v) is 9.98. The molecule has 0 spiro atoms. The van der Waals surface area contributed by atoms with Crippen molar-refractivity contribution in [3.05, 3.63) is 36.3 Å². The Morgan fingerprint density at radius 3 is 2.86 bits per heavy atom. The van der Waals surface area contributed by atoms with Crippen molar-refractivity contribution in [2.45, 2.75) is 56.4 Å². The molecule has 2 fully saturated rings. The Balaban J connectivity index is 1.69. The molecular formula is C21H28FN5O. The van der Waals surface area contributed by atoms with E-state index in [1.54, 1.807) is 24.7 Å². The van der Waals surface area contributed by atoms with Gasteiger partial charge < -0.3 is 11.1 Å². The second kappa shape index (κ2) is 7.04. The van der Waals surface area contributed by atoms with E-state index in [9.17, 15) is 4.79 Å². The quantitative estimate of drug-likeness (QED) is 0.811. The van der Waals surface area contributed by atoms with Crippen molar-refractivity contribution in [1.29, 1.82) is 0 Å². The van der Waals surface area contributed by atoms with Gasteiger partial charge in [-0.05, 0) is 50.7 Å². The fourth-order valence-electron chi connectivity index (χ4n) is 4.28. The molecule has 2 aliphatic heterocycles. The van der Waals surface area contributed by atoms with Crippen LogP contribution in [0.4, 0.5) is 4.39 Å². The van der Waals surface area contributed by atoms with E-state index in [4.69, 9.17) is 5.73 Å². The molecule has 7 heteroatoms. The molecule has 4 rings (SSSR count). The minimum atomic E-state index is -2.26. The van der Waals surface area contributed by atoms with Gasteiger partial charge in [-0.2, -0.15) is 0 Å². The van der Waals surface area contributed by atoms with Gasteiger partial charge in [-0.3, -0.25) is 19.7 Å². The third-order valence-electron chi connectivity index (χ3n) is 6.10. The Bertz CT molecular complexity index is 804. The minimum absolute atomic E-state index is 0.0414. The summed E-state index contributed by atoms with van der Waals surface area (Å²) in [6.45, 7) is 5.05. The topological polar surface area (TPSA) is 83.6 Å². The number of alkyl halides is 1. The molecule has 0 radical (unpaired) electrons. The number of nitrogens with two attached hydrogens (primary N) is 1. The highest BCUT2D eigenvalue weighted by molar-refractivity contribution is 6.07. The Morgan fingerprint density at radius 1 is 1.46 bits per heavy atom. The number of nitrogens with one attached hydrogen (secondary N) is 1. The third-order valence-corrected chi connectivity index (χ3v) is 6.10. The van der Waals surface area contributed by atoms with E-state index >= 15 is 4.39 Å². The molecule has 6 nitrogen and oxygen atoms in total. The number of carbonyl (C=O) groups is 1. The molecule has 3 N–H and O–H groups in total. The van der Waals surface area contributed by atoms with Crippen LogP contribution in [0.25, 0.3) is 5.57 Å². The van der Waals surface area contributed by atoms with Gasteiger partial charge in [0.2, 0.25) is 5.67 Å². The Kier molecular flexibility index (Phi) is 4.83. The van der Waals surface area contributed by atoms with Crippen molar-refractivity contribution in [3.63, 3.8) is 0 Å². The van der Waals surface area contributed by atoms with Crippen LogP contribution >= 0.6 is 0 Å². The molecule has 0 aromatic carbocycles. The summed E-state index contributed by atoms with van der Waals surface area (Å²) in [5.41, 5.74) is 5.07. The summed E-state index contributed by atoms with van der Waals surface area (Å²) in [7, 11) is 0. The summed E-state index contributed by atoms with van der Waals surface area (Å²) in [6, 6.07) is 2.85. The average molecular weight is 385 g/mol. The second-order valence-electron chi connectivity index (χ2n) is 8.75. The number of halogens is 1. The monoisotopic (exact) mass is 385 g/mol. The van der Waals surface area contributed by atoms with E-state index in [0.29, 0.717) is 24.6 Å². The van der Waals surface area contributed by atoms with Crippen LogP contribution in [0.5, 0.6) is 0 Å². The molecular weight excluding hydrogens is 357 g/mol. The van der Waals surface area contributed by atoms with Crippen LogP contribution in [0.15, 0.2) is 35.7 Å². The molecule has 28 heavy (non-hydrogen) atoms. The van der Waals surface area contributed by atoms with Gasteiger partial charge in [-0.25, -0.2) is 4.39 Å². The number of hydrogen-bond acceptors (Lipinski definition) is 5. The fourth-order valence-corrected chi connectivity index (χ4v) is 4.28. The maximum absolute atomic E-state index is 16.4. The van der Waals surface area contributed by atoms with E-state index in [2.05, 4.69) is 15.3 Å². The van der Waals surface area contributed by atoms with Crippen molar-refractivity contribution < 1.29 is 9.18 Å². The molecule has 3 aliphatic rings. The number of amides is 1. The van der Waals surface area contributed by atoms with Gasteiger partial charge in [0.15, 0.2) is 0 Å². The molecule has 4 atom stereocenters. The zero-order valence-corrected chi connectivity index (χ0v) is 16.4. The predicted molar refractivity (Wildman–Crippen MR) is 107 cm³/mol. The van der Waals surface area contributed by atoms with Gasteiger partial charge in [-0.15, -0.1) is 0 Å². The molecule has 3 heterocycles.